The van der Waals surface area contributed by atoms with Crippen LogP contribution in [0.3, 0.4) is 0 Å². The predicted molar refractivity (Wildman–Crippen MR) is 25.5 cm³/mol. The van der Waals surface area contributed by atoms with Gasteiger partial charge in [0.15, 0.2) is 0 Å². The van der Waals surface area contributed by atoms with E-state index in [4.69, 9.17) is 25.1 Å². The zero-order valence-electron chi connectivity index (χ0n) is 3.15. The summed E-state index contributed by atoms with van der Waals surface area (Å²) in [5.74, 6) is 0. The van der Waals surface area contributed by atoms with E-state index >= 15 is 0 Å². The SMILES string of the molecule is NC(N)=O.[Cl][Co][Cl]. The van der Waals surface area contributed by atoms with Gasteiger partial charge >= 0.3 is 39.2 Å². The van der Waals surface area contributed by atoms with Gasteiger partial charge < -0.3 is 11.5 Å². The number of carbonyl (C=O) groups is 1. The van der Waals surface area contributed by atoms with E-state index in [1.807, 2.05) is 0 Å². The van der Waals surface area contributed by atoms with Crippen LogP contribution in [0.2, 0.25) is 0 Å². The van der Waals surface area contributed by atoms with Crippen LogP contribution in [-0.4, -0.2) is 6.03 Å². The quantitative estimate of drug-likeness (QED) is 0.570. The molecule has 7 heavy (non-hydrogen) atoms. The zero-order valence-corrected chi connectivity index (χ0v) is 5.71. The molecule has 0 rings (SSSR count). The van der Waals surface area contributed by atoms with Crippen molar-refractivity contribution in [2.24, 2.45) is 11.5 Å². The molecule has 0 atom stereocenters. The maximum absolute atomic E-state index is 9.00. The first-order chi connectivity index (χ1) is 3.15. The summed E-state index contributed by atoms with van der Waals surface area (Å²) >= 11 is 0.382. The second kappa shape index (κ2) is 9.61. The number of carbonyl (C=O) groups excluding carboxylic acids is 1. The Balaban J connectivity index is 0. The summed E-state index contributed by atoms with van der Waals surface area (Å²) in [5, 5.41) is 0. The van der Waals surface area contributed by atoms with Crippen molar-refractivity contribution in [3.63, 3.8) is 0 Å². The van der Waals surface area contributed by atoms with Gasteiger partial charge in [-0.2, -0.15) is 0 Å². The van der Waals surface area contributed by atoms with Crippen molar-refractivity contribution in [1.29, 1.82) is 0 Å². The van der Waals surface area contributed by atoms with Crippen LogP contribution < -0.4 is 11.5 Å². The van der Waals surface area contributed by atoms with E-state index in [1.54, 1.807) is 0 Å². The number of amides is 2. The number of primary amides is 2. The minimum absolute atomic E-state index is 0.382. The molecule has 3 nitrogen and oxygen atoms in total. The van der Waals surface area contributed by atoms with Crippen molar-refractivity contribution < 1.29 is 17.7 Å². The first-order valence-electron chi connectivity index (χ1n) is 1.03. The topological polar surface area (TPSA) is 69.1 Å². The van der Waals surface area contributed by atoms with Gasteiger partial charge in [0.2, 0.25) is 0 Å². The van der Waals surface area contributed by atoms with Crippen LogP contribution in [0.5, 0.6) is 0 Å². The molecule has 6 heteroatoms. The van der Waals surface area contributed by atoms with Gasteiger partial charge in [0.25, 0.3) is 0 Å². The second-order valence-corrected chi connectivity index (χ2v) is 2.17. The summed E-state index contributed by atoms with van der Waals surface area (Å²) in [6.45, 7) is 0. The number of nitrogens with two attached hydrogens (primary N) is 2. The maximum atomic E-state index is 9.00. The molecule has 0 bridgehead atoms. The number of hydrogen-bond donors (Lipinski definition) is 2. The molecule has 2 amide bonds. The van der Waals surface area contributed by atoms with E-state index in [0.29, 0.717) is 12.9 Å². The van der Waals surface area contributed by atoms with Crippen molar-refractivity contribution in [3.8, 4) is 0 Å². The summed E-state index contributed by atoms with van der Waals surface area (Å²) in [7, 11) is 9.47. The van der Waals surface area contributed by atoms with Crippen molar-refractivity contribution in [1.82, 2.24) is 0 Å². The van der Waals surface area contributed by atoms with Crippen LogP contribution in [0, 0.1) is 0 Å². The summed E-state index contributed by atoms with van der Waals surface area (Å²) in [4.78, 5) is 9.00. The van der Waals surface area contributed by atoms with E-state index < -0.39 is 6.03 Å². The average molecular weight is 190 g/mol. The van der Waals surface area contributed by atoms with Crippen LogP contribution in [0.15, 0.2) is 0 Å². The van der Waals surface area contributed by atoms with Crippen LogP contribution in [-0.2, 0) is 12.9 Å². The summed E-state index contributed by atoms with van der Waals surface area (Å²) in [6.07, 6.45) is 0. The molecule has 0 aliphatic rings. The average Bonchev–Trinajstić information content (AvgIpc) is 1.33. The Morgan fingerprint density at radius 2 is 1.43 bits per heavy atom. The van der Waals surface area contributed by atoms with Crippen LogP contribution >= 0.6 is 20.3 Å². The third-order valence-corrected chi connectivity index (χ3v) is 0. The van der Waals surface area contributed by atoms with E-state index in [1.165, 1.54) is 0 Å². The monoisotopic (exact) mass is 189 g/mol. The summed E-state index contributed by atoms with van der Waals surface area (Å²) < 4.78 is 0. The molecule has 0 saturated heterocycles. The molecular weight excluding hydrogens is 186 g/mol. The molecule has 0 aromatic rings. The van der Waals surface area contributed by atoms with E-state index in [2.05, 4.69) is 11.5 Å². The van der Waals surface area contributed by atoms with Crippen LogP contribution in [0.1, 0.15) is 0 Å². The van der Waals surface area contributed by atoms with Crippen molar-refractivity contribution in [2.75, 3.05) is 0 Å². The zero-order chi connectivity index (χ0) is 6.28. The van der Waals surface area contributed by atoms with Gasteiger partial charge in [0.1, 0.15) is 0 Å². The molecule has 0 saturated carbocycles. The molecule has 0 radical (unpaired) electrons. The fourth-order valence-electron chi connectivity index (χ4n) is 0. The van der Waals surface area contributed by atoms with Gasteiger partial charge in [-0.3, -0.25) is 0 Å². The normalized spacial score (nSPS) is 6.57. The molecule has 0 fully saturated rings. The molecule has 0 aromatic heterocycles. The number of urea groups is 1. The third kappa shape index (κ3) is 949. The van der Waals surface area contributed by atoms with Crippen molar-refractivity contribution in [3.05, 3.63) is 0 Å². The molecule has 0 aromatic carbocycles. The number of halogens is 2. The first kappa shape index (κ1) is 10.4. The second-order valence-electron chi connectivity index (χ2n) is 0.450. The molecule has 0 unspecified atom stereocenters. The van der Waals surface area contributed by atoms with Gasteiger partial charge in [-0.15, -0.1) is 0 Å². The van der Waals surface area contributed by atoms with Crippen LogP contribution in [0.4, 0.5) is 4.79 Å². The van der Waals surface area contributed by atoms with Crippen molar-refractivity contribution >= 4 is 26.3 Å². The Hall–Kier alpha value is 0.356. The van der Waals surface area contributed by atoms with Gasteiger partial charge in [0, 0.05) is 0 Å². The Morgan fingerprint density at radius 1 is 1.43 bits per heavy atom. The standard InChI is InChI=1S/CH4N2O.2ClH.Co/c2-1(3)4;;;/h(H4,2,3,4);2*1H;/q;;;+2/p-2. The van der Waals surface area contributed by atoms with E-state index in [0.717, 1.165) is 0 Å². The fraction of sp³-hybridized carbons (Fsp3) is 0. The van der Waals surface area contributed by atoms with Gasteiger partial charge in [0.05, 0.1) is 0 Å². The molecule has 0 aliphatic carbocycles. The van der Waals surface area contributed by atoms with Crippen molar-refractivity contribution in [2.45, 2.75) is 0 Å². The number of rotatable bonds is 0. The molecule has 0 spiro atoms. The Morgan fingerprint density at radius 3 is 1.43 bits per heavy atom. The molecule has 0 heterocycles. The first-order valence-corrected chi connectivity index (χ1v) is 3.90. The fourth-order valence-corrected chi connectivity index (χ4v) is 0. The minimum atomic E-state index is -0.833. The molecule has 47 valence electrons. The van der Waals surface area contributed by atoms with Gasteiger partial charge in [-0.05, 0) is 0 Å². The molecular formula is CH4Cl2CoN2O. The van der Waals surface area contributed by atoms with Gasteiger partial charge in [-0.25, -0.2) is 4.79 Å². The molecule has 0 aliphatic heterocycles. The number of hydrogen-bond acceptors (Lipinski definition) is 1. The summed E-state index contributed by atoms with van der Waals surface area (Å²) in [6, 6.07) is -0.833. The molecule has 4 N–H and O–H groups in total. The Kier molecular flexibility index (Phi) is 14.2. The van der Waals surface area contributed by atoms with E-state index in [9.17, 15) is 0 Å². The Labute approximate surface area is 55.8 Å². The third-order valence-electron chi connectivity index (χ3n) is 0. The predicted octanol–water partition coefficient (Wildman–Crippen LogP) is 0.400. The van der Waals surface area contributed by atoms with Crippen LogP contribution in [0.25, 0.3) is 0 Å². The Bertz CT molecular complexity index is 47.0. The summed E-state index contributed by atoms with van der Waals surface area (Å²) in [5.41, 5.74) is 8.50. The van der Waals surface area contributed by atoms with Gasteiger partial charge in [-0.1, -0.05) is 0 Å². The van der Waals surface area contributed by atoms with E-state index in [-0.39, 0.29) is 0 Å².